The first kappa shape index (κ1) is 102. The minimum Gasteiger partial charge on any atom is -0.357 e. The zero-order valence-electron chi connectivity index (χ0n) is 36.4. The molecule has 0 aliphatic carbocycles. The third-order valence-electron chi connectivity index (χ3n) is 8.50. The minimum atomic E-state index is 0. The zero-order valence-corrected chi connectivity index (χ0v) is 37.5. The Balaban J connectivity index is -0.0000000889. The number of nitriles is 2. The van der Waals surface area contributed by atoms with Crippen molar-refractivity contribution in [3.8, 4) is 57.7 Å². The first-order valence-electron chi connectivity index (χ1n) is 20.7. The van der Waals surface area contributed by atoms with Crippen LogP contribution in [0.15, 0.2) is 121 Å². The van der Waals surface area contributed by atoms with E-state index < -0.39 is 0 Å². The van der Waals surface area contributed by atoms with E-state index in [-0.39, 0.29) is 128 Å². The Morgan fingerprint density at radius 1 is 0.276 bits per heavy atom. The molecule has 0 N–H and O–H groups in total. The Hall–Kier alpha value is -7.04. The van der Waals surface area contributed by atoms with Gasteiger partial charge in [0.05, 0.1) is 34.4 Å². The van der Waals surface area contributed by atoms with Crippen LogP contribution in [0.3, 0.4) is 0 Å². The molecule has 0 atom stereocenters. The molecule has 0 amide bonds. The monoisotopic (exact) mass is 1090 g/mol. The summed E-state index contributed by atoms with van der Waals surface area (Å²) in [7, 11) is 0. The second-order valence-corrected chi connectivity index (χ2v) is 11.4. The van der Waals surface area contributed by atoms with E-state index in [0.29, 0.717) is 57.0 Å². The normalized spacial score (nSPS) is 7.74. The summed E-state index contributed by atoms with van der Waals surface area (Å²) >= 11 is 0. The van der Waals surface area contributed by atoms with Gasteiger partial charge in [0.25, 0.3) is 0 Å². The van der Waals surface area contributed by atoms with Gasteiger partial charge in [0.1, 0.15) is 12.1 Å². The molecule has 76 heavy (non-hydrogen) atoms. The number of aromatic nitrogens is 8. The van der Waals surface area contributed by atoms with Crippen LogP contribution in [0.5, 0.6) is 0 Å². The molecule has 3 aromatic heterocycles. The van der Waals surface area contributed by atoms with Gasteiger partial charge in [-0.25, -0.2) is 9.97 Å². The van der Waals surface area contributed by atoms with Crippen molar-refractivity contribution in [3.63, 3.8) is 0 Å². The van der Waals surface area contributed by atoms with Crippen molar-refractivity contribution in [2.45, 2.75) is 181 Å². The number of rotatable bonds is 0. The van der Waals surface area contributed by atoms with Crippen LogP contribution in [-0.2, 0) is 17.1 Å². The van der Waals surface area contributed by atoms with Crippen LogP contribution in [0.4, 0.5) is 0 Å². The largest absolute Gasteiger partial charge is 2.00 e. The van der Waals surface area contributed by atoms with Crippen molar-refractivity contribution >= 4 is 44.1 Å². The third-order valence-corrected chi connectivity index (χ3v) is 8.50. The van der Waals surface area contributed by atoms with Gasteiger partial charge in [-0.05, 0) is 33.7 Å². The maximum atomic E-state index is 8.45. The number of nitrogens with zero attached hydrogens (tertiary/aromatic N) is 10. The first-order chi connectivity index (χ1) is 29.7. The minimum absolute atomic E-state index is 0. The molecule has 0 saturated carbocycles. The molecule has 8 aromatic rings. The van der Waals surface area contributed by atoms with E-state index in [4.69, 9.17) is 50.4 Å². The van der Waals surface area contributed by atoms with Crippen LogP contribution in [0.2, 0.25) is 0 Å². The van der Waals surface area contributed by atoms with Crippen molar-refractivity contribution < 1.29 is 17.1 Å². The molecular formula is C65H110FeN10. The molecule has 2 aliphatic heterocycles. The average molecular weight is 1090 g/mol. The molecule has 5 aromatic carbocycles. The van der Waals surface area contributed by atoms with Crippen molar-refractivity contribution in [3.05, 3.63) is 132 Å². The molecule has 0 radical (unpaired) electrons. The number of hydrogen-bond acceptors (Lipinski definition) is 8. The molecule has 0 fully saturated rings. The summed E-state index contributed by atoms with van der Waals surface area (Å²) in [6.07, 6.45) is 0. The summed E-state index contributed by atoms with van der Waals surface area (Å²) in [5, 5.41) is 20.5. The Bertz CT molecular complexity index is 2590. The standard InChI is InChI=1S/C32H16N8.C8H4N2.5C2H6.15CH4.Fe/c1-2-10-18-17(9-1)25-33-26(18)38-28-21-13-5-6-14-22(21)30(35-28)40-32-24-16-8-7-15-23(24)31(36-32)39-29-20-12-4-3-11-19(20)27(34-29)37-25;9-5-7-3-1-2-4-8(7)6-10;5*1-2;;;;;;;;;;;;;;;;/h1-16H;1-4H;5*1-2H3;15*1H4;/q-2;;;;;;;;;;;;;;;;;;;;;;+2. The maximum Gasteiger partial charge on any atom is 2.00 e. The SMILES string of the molecule is C.C.C.C.C.C.C.C.C.C.C.C.C.C.C.CC.CC.CC.CC.CC.N#Cc1ccccc1C#N.[Fe+2].c1ccc2c(c1)-c1nc-2nc2[n-]c(nc3nc(nc4[n-]c(n1)c1ccccc41)-c1ccccc1-3)c1ccccc21. The molecule has 2 aliphatic rings. The fraction of sp³-hybridized carbons (Fsp3) is 0.385. The molecule has 0 saturated heterocycles. The van der Waals surface area contributed by atoms with Crippen LogP contribution in [-0.4, -0.2) is 29.9 Å². The van der Waals surface area contributed by atoms with Crippen LogP contribution >= 0.6 is 0 Å². The van der Waals surface area contributed by atoms with Gasteiger partial charge in [-0.3, -0.25) is 0 Å². The molecule has 11 heteroatoms. The first-order valence-corrected chi connectivity index (χ1v) is 20.7. The fourth-order valence-corrected chi connectivity index (χ4v) is 6.14. The summed E-state index contributed by atoms with van der Waals surface area (Å²) in [6, 6.07) is 42.4. The van der Waals surface area contributed by atoms with Crippen molar-refractivity contribution in [2.75, 3.05) is 0 Å². The van der Waals surface area contributed by atoms with Gasteiger partial charge in [0.15, 0.2) is 0 Å². The Morgan fingerprint density at radius 3 is 0.632 bits per heavy atom. The van der Waals surface area contributed by atoms with E-state index in [1.165, 1.54) is 0 Å². The van der Waals surface area contributed by atoms with Gasteiger partial charge in [0, 0.05) is 44.8 Å². The van der Waals surface area contributed by atoms with Gasteiger partial charge in [-0.15, -0.1) is 0 Å². The molecule has 0 unspecified atom stereocenters. The van der Waals surface area contributed by atoms with Crippen molar-refractivity contribution in [1.29, 1.82) is 10.5 Å². The topological polar surface area (TPSA) is 153 Å². The van der Waals surface area contributed by atoms with Crippen LogP contribution in [0, 0.1) is 22.7 Å². The summed E-state index contributed by atoms with van der Waals surface area (Å²) in [4.78, 5) is 39.3. The number of benzene rings is 5. The quantitative estimate of drug-likeness (QED) is 0.134. The predicted octanol–water partition coefficient (Wildman–Crippen LogP) is 22.2. The molecule has 8 bridgehead atoms. The summed E-state index contributed by atoms with van der Waals surface area (Å²) in [5.41, 5.74) is 6.65. The molecular weight excluding hydrogens is 977 g/mol. The van der Waals surface area contributed by atoms with Gasteiger partial charge in [-0.1, -0.05) is 290 Å². The van der Waals surface area contributed by atoms with Crippen LogP contribution in [0.25, 0.3) is 89.7 Å². The van der Waals surface area contributed by atoms with E-state index in [1.807, 2.05) is 178 Å². The zero-order chi connectivity index (χ0) is 43.6. The smallest absolute Gasteiger partial charge is 0.357 e. The van der Waals surface area contributed by atoms with E-state index in [0.717, 1.165) is 43.8 Å². The summed E-state index contributed by atoms with van der Waals surface area (Å²) in [5.74, 6) is 2.21. The van der Waals surface area contributed by atoms with E-state index >= 15 is 0 Å². The van der Waals surface area contributed by atoms with Gasteiger partial charge in [-0.2, -0.15) is 10.5 Å². The van der Waals surface area contributed by atoms with E-state index in [1.54, 1.807) is 24.3 Å². The molecule has 10 rings (SSSR count). The Kier molecular flexibility index (Phi) is 68.8. The second kappa shape index (κ2) is 51.4. The van der Waals surface area contributed by atoms with Crippen LogP contribution < -0.4 is 9.97 Å². The predicted molar refractivity (Wildman–Crippen MR) is 348 cm³/mol. The molecule has 5 heterocycles. The third kappa shape index (κ3) is 21.7. The molecule has 428 valence electrons. The van der Waals surface area contributed by atoms with E-state index in [2.05, 4.69) is 0 Å². The Morgan fingerprint density at radius 2 is 0.447 bits per heavy atom. The summed E-state index contributed by atoms with van der Waals surface area (Å²) in [6.45, 7) is 20.0. The Labute approximate surface area is 479 Å². The van der Waals surface area contributed by atoms with Gasteiger partial charge in [0.2, 0.25) is 0 Å². The number of fused-ring (bicyclic) bond motifs is 20. The van der Waals surface area contributed by atoms with Crippen molar-refractivity contribution in [1.82, 2.24) is 39.9 Å². The fourth-order valence-electron chi connectivity index (χ4n) is 6.14. The molecule has 10 nitrogen and oxygen atoms in total. The molecule has 0 spiro atoms. The van der Waals surface area contributed by atoms with Crippen LogP contribution in [0.1, 0.15) is 192 Å². The maximum absolute atomic E-state index is 8.45. The van der Waals surface area contributed by atoms with E-state index in [9.17, 15) is 0 Å². The van der Waals surface area contributed by atoms with Gasteiger partial charge < -0.3 is 29.9 Å². The average Bonchev–Trinajstić information content (AvgIpc) is 4.08. The number of hydrogen-bond donors (Lipinski definition) is 0. The van der Waals surface area contributed by atoms with Crippen molar-refractivity contribution in [2.24, 2.45) is 0 Å². The summed E-state index contributed by atoms with van der Waals surface area (Å²) < 4.78 is 0. The van der Waals surface area contributed by atoms with Gasteiger partial charge >= 0.3 is 17.1 Å². The second-order valence-electron chi connectivity index (χ2n) is 11.4.